The number of carbonyl (C=O) groups is 1. The summed E-state index contributed by atoms with van der Waals surface area (Å²) in [5, 5.41) is 2.45. The van der Waals surface area contributed by atoms with Crippen LogP contribution in [0.4, 0.5) is 0 Å². The van der Waals surface area contributed by atoms with Crippen LogP contribution in [0.1, 0.15) is 41.6 Å². The number of thiazole rings is 1. The lowest BCUT2D eigenvalue weighted by Crippen LogP contribution is -2.27. The molecule has 0 bridgehead atoms. The monoisotopic (exact) mass is 443 g/mol. The zero-order valence-corrected chi connectivity index (χ0v) is 18.5. The standard InChI is InChI=1S/C18H25N3O4S3/c1-3-25-10-6-7-19-28(23,24)15-11-14(12-26-15)17-20-13(2)16(27-17)18(22)21-8-4-5-9-21/h11-12,19H,3-10H2,1-2H3. The fourth-order valence-electron chi connectivity index (χ4n) is 2.95. The summed E-state index contributed by atoms with van der Waals surface area (Å²) in [5.74, 6) is 0.0257. The summed E-state index contributed by atoms with van der Waals surface area (Å²) in [6, 6.07) is 1.62. The molecule has 0 spiro atoms. The van der Waals surface area contributed by atoms with Crippen LogP contribution in [-0.4, -0.2) is 57.1 Å². The van der Waals surface area contributed by atoms with Crippen molar-refractivity contribution in [1.29, 1.82) is 0 Å². The Balaban J connectivity index is 1.70. The molecule has 28 heavy (non-hydrogen) atoms. The minimum atomic E-state index is -3.55. The highest BCUT2D eigenvalue weighted by atomic mass is 32.2. The second-order valence-electron chi connectivity index (χ2n) is 6.54. The zero-order chi connectivity index (χ0) is 20.1. The van der Waals surface area contributed by atoms with Crippen molar-refractivity contribution in [3.05, 3.63) is 22.0 Å². The molecule has 2 aromatic heterocycles. The molecule has 3 rings (SSSR count). The molecule has 0 aliphatic carbocycles. The van der Waals surface area contributed by atoms with Gasteiger partial charge in [0.2, 0.25) is 10.0 Å². The van der Waals surface area contributed by atoms with Crippen LogP contribution in [0.2, 0.25) is 0 Å². The summed E-state index contributed by atoms with van der Waals surface area (Å²) in [5.41, 5.74) is 1.43. The number of nitrogens with zero attached hydrogens (tertiary/aromatic N) is 2. The molecule has 1 N–H and O–H groups in total. The smallest absolute Gasteiger partial charge is 0.265 e. The number of aryl methyl sites for hydroxylation is 1. The third-order valence-electron chi connectivity index (χ3n) is 4.43. The van der Waals surface area contributed by atoms with E-state index in [1.54, 1.807) is 11.4 Å². The number of thiophene rings is 1. The molecule has 1 saturated heterocycles. The number of likely N-dealkylation sites (tertiary alicyclic amines) is 1. The number of carbonyl (C=O) groups excluding carboxylic acids is 1. The second kappa shape index (κ2) is 9.45. The molecule has 10 heteroatoms. The Labute approximate surface area is 173 Å². The van der Waals surface area contributed by atoms with E-state index in [0.717, 1.165) is 42.8 Å². The van der Waals surface area contributed by atoms with Gasteiger partial charge in [0.25, 0.3) is 5.91 Å². The van der Waals surface area contributed by atoms with Crippen LogP contribution in [0.3, 0.4) is 0 Å². The van der Waals surface area contributed by atoms with Gasteiger partial charge in [0.15, 0.2) is 0 Å². The molecule has 3 heterocycles. The van der Waals surface area contributed by atoms with E-state index in [1.807, 2.05) is 18.7 Å². The van der Waals surface area contributed by atoms with Gasteiger partial charge in [0, 0.05) is 43.8 Å². The molecular formula is C18H25N3O4S3. The summed E-state index contributed by atoms with van der Waals surface area (Å²) >= 11 is 2.49. The highest BCUT2D eigenvalue weighted by Crippen LogP contribution is 2.33. The first-order valence-corrected chi connectivity index (χ1v) is 12.5. The van der Waals surface area contributed by atoms with Crippen molar-refractivity contribution in [3.8, 4) is 10.6 Å². The van der Waals surface area contributed by atoms with Crippen molar-refractivity contribution >= 4 is 38.6 Å². The van der Waals surface area contributed by atoms with Crippen LogP contribution in [0.25, 0.3) is 10.6 Å². The highest BCUT2D eigenvalue weighted by molar-refractivity contribution is 7.91. The van der Waals surface area contributed by atoms with Crippen molar-refractivity contribution in [2.45, 2.75) is 37.3 Å². The van der Waals surface area contributed by atoms with Crippen LogP contribution in [0.15, 0.2) is 15.7 Å². The van der Waals surface area contributed by atoms with Crippen LogP contribution < -0.4 is 4.72 Å². The Bertz CT molecular complexity index is 914. The summed E-state index contributed by atoms with van der Waals surface area (Å²) in [4.78, 5) is 19.7. The largest absolute Gasteiger partial charge is 0.382 e. The van der Waals surface area contributed by atoms with E-state index in [4.69, 9.17) is 4.74 Å². The fourth-order valence-corrected chi connectivity index (χ4v) is 6.33. The molecule has 7 nitrogen and oxygen atoms in total. The Hall–Kier alpha value is -1.33. The number of aromatic nitrogens is 1. The second-order valence-corrected chi connectivity index (χ2v) is 10.4. The number of rotatable bonds is 9. The number of sulfonamides is 1. The van der Waals surface area contributed by atoms with E-state index in [9.17, 15) is 13.2 Å². The van der Waals surface area contributed by atoms with Crippen molar-refractivity contribution in [2.24, 2.45) is 0 Å². The highest BCUT2D eigenvalue weighted by Gasteiger charge is 2.25. The number of ether oxygens (including phenoxy) is 1. The van der Waals surface area contributed by atoms with Crippen LogP contribution in [0, 0.1) is 6.92 Å². The van der Waals surface area contributed by atoms with Gasteiger partial charge in [-0.3, -0.25) is 4.79 Å². The maximum absolute atomic E-state index is 12.7. The molecular weight excluding hydrogens is 418 g/mol. The lowest BCUT2D eigenvalue weighted by Gasteiger charge is -2.13. The average molecular weight is 444 g/mol. The molecule has 1 aliphatic heterocycles. The molecule has 0 atom stereocenters. The molecule has 0 radical (unpaired) electrons. The summed E-state index contributed by atoms with van der Waals surface area (Å²) in [6.45, 7) is 6.80. The van der Waals surface area contributed by atoms with Gasteiger partial charge in [0.05, 0.1) is 5.69 Å². The predicted molar refractivity (Wildman–Crippen MR) is 112 cm³/mol. The third-order valence-corrected chi connectivity index (χ3v) is 8.53. The predicted octanol–water partition coefficient (Wildman–Crippen LogP) is 3.12. The van der Waals surface area contributed by atoms with E-state index < -0.39 is 10.0 Å². The minimum absolute atomic E-state index is 0.0257. The van der Waals surface area contributed by atoms with Crippen molar-refractivity contribution in [3.63, 3.8) is 0 Å². The quantitative estimate of drug-likeness (QED) is 0.602. The van der Waals surface area contributed by atoms with Crippen molar-refractivity contribution in [2.75, 3.05) is 32.8 Å². The Kier molecular flexibility index (Phi) is 7.21. The minimum Gasteiger partial charge on any atom is -0.382 e. The molecule has 1 aliphatic rings. The molecule has 154 valence electrons. The van der Waals surface area contributed by atoms with E-state index >= 15 is 0 Å². The Morgan fingerprint density at radius 2 is 2.11 bits per heavy atom. The third kappa shape index (κ3) is 4.98. The molecule has 1 fully saturated rings. The van der Waals surface area contributed by atoms with E-state index in [2.05, 4.69) is 9.71 Å². The fraction of sp³-hybridized carbons (Fsp3) is 0.556. The van der Waals surface area contributed by atoms with E-state index in [-0.39, 0.29) is 10.1 Å². The topological polar surface area (TPSA) is 88.6 Å². The van der Waals surface area contributed by atoms with Crippen LogP contribution in [-0.2, 0) is 14.8 Å². The summed E-state index contributed by atoms with van der Waals surface area (Å²) in [7, 11) is -3.55. The maximum Gasteiger partial charge on any atom is 0.265 e. The van der Waals surface area contributed by atoms with Gasteiger partial charge in [-0.05, 0) is 39.2 Å². The van der Waals surface area contributed by atoms with Gasteiger partial charge in [0.1, 0.15) is 14.1 Å². The number of hydrogen-bond donors (Lipinski definition) is 1. The van der Waals surface area contributed by atoms with Gasteiger partial charge >= 0.3 is 0 Å². The molecule has 0 saturated carbocycles. The zero-order valence-electron chi connectivity index (χ0n) is 16.1. The molecule has 1 amide bonds. The van der Waals surface area contributed by atoms with Crippen molar-refractivity contribution < 1.29 is 17.9 Å². The van der Waals surface area contributed by atoms with E-state index in [1.165, 1.54) is 11.3 Å². The number of nitrogens with one attached hydrogen (secondary N) is 1. The van der Waals surface area contributed by atoms with Crippen LogP contribution >= 0.6 is 22.7 Å². The number of amides is 1. The van der Waals surface area contributed by atoms with Gasteiger partial charge in [-0.25, -0.2) is 18.1 Å². The SMILES string of the molecule is CCOCCCNS(=O)(=O)c1cc(-c2nc(C)c(C(=O)N3CCCC3)s2)cs1. The normalized spacial score (nSPS) is 14.7. The first-order valence-electron chi connectivity index (χ1n) is 9.35. The molecule has 0 aromatic carbocycles. The molecule has 2 aromatic rings. The first-order chi connectivity index (χ1) is 13.4. The summed E-state index contributed by atoms with van der Waals surface area (Å²) in [6.07, 6.45) is 2.71. The average Bonchev–Trinajstić information content (AvgIpc) is 3.41. The lowest BCUT2D eigenvalue weighted by molar-refractivity contribution is 0.0796. The lowest BCUT2D eigenvalue weighted by atomic mass is 10.3. The van der Waals surface area contributed by atoms with Gasteiger partial charge in [-0.2, -0.15) is 0 Å². The van der Waals surface area contributed by atoms with Gasteiger partial charge in [-0.1, -0.05) is 0 Å². The first kappa shape index (κ1) is 21.4. The number of hydrogen-bond acceptors (Lipinski definition) is 7. The van der Waals surface area contributed by atoms with E-state index in [0.29, 0.717) is 41.8 Å². The summed E-state index contributed by atoms with van der Waals surface area (Å²) < 4.78 is 32.9. The van der Waals surface area contributed by atoms with Crippen LogP contribution in [0.5, 0.6) is 0 Å². The van der Waals surface area contributed by atoms with Crippen molar-refractivity contribution in [1.82, 2.24) is 14.6 Å². The Morgan fingerprint density at radius 1 is 1.36 bits per heavy atom. The van der Waals surface area contributed by atoms with Gasteiger partial charge < -0.3 is 9.64 Å². The van der Waals surface area contributed by atoms with Gasteiger partial charge in [-0.15, -0.1) is 22.7 Å². The maximum atomic E-state index is 12.7. The molecule has 0 unspecified atom stereocenters. The Morgan fingerprint density at radius 3 is 2.82 bits per heavy atom.